The fourth-order valence-electron chi connectivity index (χ4n) is 1.57. The smallest absolute Gasteiger partial charge is 0.408 e. The molecule has 0 aliphatic carbocycles. The SMILES string of the molecule is C[C@H](OC(=O)c1ccc[nH]1)[C@H](NC(=O)OC(C)(C)C)C(=O)O. The van der Waals surface area contributed by atoms with Gasteiger partial charge in [-0.3, -0.25) is 0 Å². The fraction of sp³-hybridized carbons (Fsp3) is 0.500. The number of rotatable bonds is 5. The van der Waals surface area contributed by atoms with Crippen LogP contribution in [-0.4, -0.2) is 45.9 Å². The average molecular weight is 312 g/mol. The summed E-state index contributed by atoms with van der Waals surface area (Å²) in [5, 5.41) is 11.3. The maximum Gasteiger partial charge on any atom is 0.408 e. The minimum Gasteiger partial charge on any atom is -0.480 e. The Morgan fingerprint density at radius 3 is 2.41 bits per heavy atom. The lowest BCUT2D eigenvalue weighted by molar-refractivity contribution is -0.142. The third kappa shape index (κ3) is 5.47. The van der Waals surface area contributed by atoms with Gasteiger partial charge in [0.1, 0.15) is 17.4 Å². The van der Waals surface area contributed by atoms with Crippen molar-refractivity contribution < 1.29 is 29.0 Å². The number of esters is 1. The first kappa shape index (κ1) is 17.5. The Bertz CT molecular complexity index is 532. The molecule has 0 bridgehead atoms. The number of carbonyl (C=O) groups is 3. The van der Waals surface area contributed by atoms with Crippen LogP contribution in [-0.2, 0) is 14.3 Å². The summed E-state index contributed by atoms with van der Waals surface area (Å²) in [6, 6.07) is 1.68. The van der Waals surface area contributed by atoms with Crippen molar-refractivity contribution in [2.24, 2.45) is 0 Å². The van der Waals surface area contributed by atoms with Crippen LogP contribution >= 0.6 is 0 Å². The van der Waals surface area contributed by atoms with Gasteiger partial charge in [0.25, 0.3) is 0 Å². The molecular formula is C14H20N2O6. The van der Waals surface area contributed by atoms with E-state index in [9.17, 15) is 14.4 Å². The van der Waals surface area contributed by atoms with Gasteiger partial charge in [-0.25, -0.2) is 14.4 Å². The number of carboxylic acid groups (broad SMARTS) is 1. The van der Waals surface area contributed by atoms with Gasteiger partial charge in [-0.1, -0.05) is 0 Å². The predicted octanol–water partition coefficient (Wildman–Crippen LogP) is 1.54. The number of ether oxygens (including phenoxy) is 2. The molecular weight excluding hydrogens is 292 g/mol. The average Bonchev–Trinajstić information content (AvgIpc) is 2.86. The Labute approximate surface area is 127 Å². The highest BCUT2D eigenvalue weighted by molar-refractivity contribution is 5.88. The number of amides is 1. The summed E-state index contributed by atoms with van der Waals surface area (Å²) < 4.78 is 10.0. The van der Waals surface area contributed by atoms with Crippen molar-refractivity contribution in [3.05, 3.63) is 24.0 Å². The van der Waals surface area contributed by atoms with Crippen LogP contribution < -0.4 is 5.32 Å². The minimum atomic E-state index is -1.42. The van der Waals surface area contributed by atoms with Crippen LogP contribution in [0, 0.1) is 0 Å². The van der Waals surface area contributed by atoms with E-state index in [2.05, 4.69) is 10.3 Å². The molecule has 0 spiro atoms. The molecule has 2 atom stereocenters. The van der Waals surface area contributed by atoms with Crippen LogP contribution in [0.5, 0.6) is 0 Å². The lowest BCUT2D eigenvalue weighted by Gasteiger charge is -2.24. The van der Waals surface area contributed by atoms with E-state index in [-0.39, 0.29) is 5.69 Å². The number of carbonyl (C=O) groups excluding carboxylic acids is 2. The standard InChI is InChI=1S/C14H20N2O6/c1-8(21-12(19)9-6-5-7-15-9)10(11(17)18)16-13(20)22-14(2,3)4/h5-8,10,15H,1-4H3,(H,16,20)(H,17,18)/t8-,10-/m0/s1. The summed E-state index contributed by atoms with van der Waals surface area (Å²) >= 11 is 0. The Hall–Kier alpha value is -2.51. The first-order valence-electron chi connectivity index (χ1n) is 6.67. The monoisotopic (exact) mass is 312 g/mol. The summed E-state index contributed by atoms with van der Waals surface area (Å²) in [7, 11) is 0. The molecule has 0 aliphatic heterocycles. The number of hydrogen-bond acceptors (Lipinski definition) is 5. The molecule has 1 rings (SSSR count). The van der Waals surface area contributed by atoms with Crippen LogP contribution in [0.15, 0.2) is 18.3 Å². The number of H-pyrrole nitrogens is 1. The van der Waals surface area contributed by atoms with E-state index in [0.717, 1.165) is 0 Å². The zero-order valence-corrected chi connectivity index (χ0v) is 12.9. The maximum absolute atomic E-state index is 11.8. The molecule has 1 amide bonds. The van der Waals surface area contributed by atoms with Gasteiger partial charge < -0.3 is 24.9 Å². The molecule has 1 heterocycles. The molecule has 0 saturated heterocycles. The zero-order chi connectivity index (χ0) is 16.9. The van der Waals surface area contributed by atoms with Gasteiger partial charge in [0.2, 0.25) is 0 Å². The second-order valence-corrected chi connectivity index (χ2v) is 5.66. The van der Waals surface area contributed by atoms with E-state index in [1.165, 1.54) is 19.2 Å². The third-order valence-electron chi connectivity index (χ3n) is 2.52. The van der Waals surface area contributed by atoms with Crippen LogP contribution in [0.2, 0.25) is 0 Å². The van der Waals surface area contributed by atoms with Gasteiger partial charge in [0.15, 0.2) is 6.04 Å². The van der Waals surface area contributed by atoms with E-state index < -0.39 is 35.8 Å². The lowest BCUT2D eigenvalue weighted by Crippen LogP contribution is -2.50. The molecule has 0 aliphatic rings. The van der Waals surface area contributed by atoms with E-state index >= 15 is 0 Å². The number of nitrogens with one attached hydrogen (secondary N) is 2. The molecule has 1 aromatic heterocycles. The Kier molecular flexibility index (Phi) is 5.56. The number of aromatic amines is 1. The summed E-state index contributed by atoms with van der Waals surface area (Å²) in [5.74, 6) is -2.05. The molecule has 8 heteroatoms. The summed E-state index contributed by atoms with van der Waals surface area (Å²) in [4.78, 5) is 37.3. The highest BCUT2D eigenvalue weighted by Crippen LogP contribution is 2.09. The molecule has 8 nitrogen and oxygen atoms in total. The van der Waals surface area contributed by atoms with Gasteiger partial charge in [-0.2, -0.15) is 0 Å². The summed E-state index contributed by atoms with van der Waals surface area (Å²) in [5.41, 5.74) is -0.578. The Morgan fingerprint density at radius 1 is 1.32 bits per heavy atom. The molecule has 0 fully saturated rings. The molecule has 0 saturated carbocycles. The number of alkyl carbamates (subject to hydrolysis) is 1. The van der Waals surface area contributed by atoms with Gasteiger partial charge >= 0.3 is 18.0 Å². The van der Waals surface area contributed by atoms with Crippen molar-refractivity contribution in [3.8, 4) is 0 Å². The van der Waals surface area contributed by atoms with Crippen molar-refractivity contribution >= 4 is 18.0 Å². The van der Waals surface area contributed by atoms with Crippen molar-refractivity contribution in [2.75, 3.05) is 0 Å². The second kappa shape index (κ2) is 6.97. The number of carboxylic acids is 1. The first-order valence-corrected chi connectivity index (χ1v) is 6.67. The second-order valence-electron chi connectivity index (χ2n) is 5.66. The van der Waals surface area contributed by atoms with E-state index in [4.69, 9.17) is 14.6 Å². The van der Waals surface area contributed by atoms with E-state index in [1.54, 1.807) is 26.8 Å². The normalized spacial score (nSPS) is 13.8. The fourth-order valence-corrected chi connectivity index (χ4v) is 1.57. The highest BCUT2D eigenvalue weighted by Gasteiger charge is 2.31. The summed E-state index contributed by atoms with van der Waals surface area (Å²) in [6.07, 6.45) is -0.446. The van der Waals surface area contributed by atoms with Crippen molar-refractivity contribution in [1.82, 2.24) is 10.3 Å². The van der Waals surface area contributed by atoms with E-state index in [1.807, 2.05) is 0 Å². The Morgan fingerprint density at radius 2 is 1.95 bits per heavy atom. The Balaban J connectivity index is 2.68. The van der Waals surface area contributed by atoms with Gasteiger partial charge in [0, 0.05) is 6.20 Å². The lowest BCUT2D eigenvalue weighted by atomic mass is 10.2. The first-order chi connectivity index (χ1) is 10.1. The predicted molar refractivity (Wildman–Crippen MR) is 76.5 cm³/mol. The van der Waals surface area contributed by atoms with Crippen LogP contribution in [0.1, 0.15) is 38.2 Å². The largest absolute Gasteiger partial charge is 0.480 e. The molecule has 1 aromatic rings. The third-order valence-corrected chi connectivity index (χ3v) is 2.52. The van der Waals surface area contributed by atoms with Crippen LogP contribution in [0.4, 0.5) is 4.79 Å². The van der Waals surface area contributed by atoms with Crippen molar-refractivity contribution in [2.45, 2.75) is 45.4 Å². The molecule has 0 unspecified atom stereocenters. The topological polar surface area (TPSA) is 118 Å². The molecule has 3 N–H and O–H groups in total. The van der Waals surface area contributed by atoms with Crippen molar-refractivity contribution in [1.29, 1.82) is 0 Å². The zero-order valence-electron chi connectivity index (χ0n) is 12.9. The van der Waals surface area contributed by atoms with Crippen LogP contribution in [0.25, 0.3) is 0 Å². The highest BCUT2D eigenvalue weighted by atomic mass is 16.6. The van der Waals surface area contributed by atoms with Crippen molar-refractivity contribution in [3.63, 3.8) is 0 Å². The molecule has 22 heavy (non-hydrogen) atoms. The molecule has 122 valence electrons. The number of hydrogen-bond donors (Lipinski definition) is 3. The van der Waals surface area contributed by atoms with Gasteiger partial charge in [-0.15, -0.1) is 0 Å². The maximum atomic E-state index is 11.8. The minimum absolute atomic E-state index is 0.188. The van der Waals surface area contributed by atoms with Gasteiger partial charge in [-0.05, 0) is 39.8 Å². The summed E-state index contributed by atoms with van der Waals surface area (Å²) in [6.45, 7) is 6.32. The quantitative estimate of drug-likeness (QED) is 0.710. The van der Waals surface area contributed by atoms with Crippen LogP contribution in [0.3, 0.4) is 0 Å². The van der Waals surface area contributed by atoms with Gasteiger partial charge in [0.05, 0.1) is 0 Å². The number of aliphatic carboxylic acids is 1. The van der Waals surface area contributed by atoms with E-state index in [0.29, 0.717) is 0 Å². The molecule has 0 aromatic carbocycles. The molecule has 0 radical (unpaired) electrons. The number of aromatic nitrogens is 1.